The zero-order valence-corrected chi connectivity index (χ0v) is 15.1. The zero-order valence-electron chi connectivity index (χ0n) is 15.1. The molecule has 0 aromatic rings. The summed E-state index contributed by atoms with van der Waals surface area (Å²) in [6.45, 7) is 14.0. The Morgan fingerprint density at radius 2 is 2.05 bits per heavy atom. The van der Waals surface area contributed by atoms with Crippen LogP contribution in [0.5, 0.6) is 0 Å². The Balaban J connectivity index is 2.17. The lowest BCUT2D eigenvalue weighted by atomic mass is 9.41. The van der Waals surface area contributed by atoms with Gasteiger partial charge in [0.05, 0.1) is 5.54 Å². The molecule has 0 saturated heterocycles. The van der Waals surface area contributed by atoms with Gasteiger partial charge in [-0.3, -0.25) is 0 Å². The average molecular weight is 302 g/mol. The third kappa shape index (κ3) is 2.15. The van der Waals surface area contributed by atoms with Crippen molar-refractivity contribution in [2.24, 2.45) is 29.1 Å². The maximum Gasteiger partial charge on any atom is 0.0732 e. The lowest BCUT2D eigenvalue weighted by Gasteiger charge is -2.64. The monoisotopic (exact) mass is 301 g/mol. The summed E-state index contributed by atoms with van der Waals surface area (Å²) in [5, 5.41) is 2.29. The van der Waals surface area contributed by atoms with Gasteiger partial charge in [0.15, 0.2) is 0 Å². The topological polar surface area (TPSA) is 16.6 Å². The fourth-order valence-corrected chi connectivity index (χ4v) is 6.56. The first-order valence-corrected chi connectivity index (χ1v) is 9.32. The van der Waals surface area contributed by atoms with Crippen LogP contribution in [-0.4, -0.2) is 5.54 Å². The first-order valence-electron chi connectivity index (χ1n) is 9.32. The molecule has 2 fully saturated rings. The highest BCUT2D eigenvalue weighted by Gasteiger charge is 2.62. The molecule has 0 aromatic heterocycles. The molecule has 0 amide bonds. The normalized spacial score (nSPS) is 48.1. The number of quaternary nitrogens is 1. The van der Waals surface area contributed by atoms with Crippen molar-refractivity contribution in [3.05, 3.63) is 30.8 Å². The van der Waals surface area contributed by atoms with Crippen molar-refractivity contribution in [3.63, 3.8) is 0 Å². The van der Waals surface area contributed by atoms with Crippen LogP contribution < -0.4 is 5.32 Å². The molecule has 124 valence electrons. The van der Waals surface area contributed by atoms with Crippen LogP contribution in [0.4, 0.5) is 0 Å². The molecule has 2 N–H and O–H groups in total. The summed E-state index contributed by atoms with van der Waals surface area (Å²) < 4.78 is 0. The van der Waals surface area contributed by atoms with Crippen LogP contribution >= 0.6 is 0 Å². The van der Waals surface area contributed by atoms with Crippen LogP contribution in [0.25, 0.3) is 0 Å². The van der Waals surface area contributed by atoms with E-state index in [-0.39, 0.29) is 0 Å². The number of rotatable bonds is 2. The van der Waals surface area contributed by atoms with E-state index >= 15 is 0 Å². The van der Waals surface area contributed by atoms with Crippen LogP contribution in [0, 0.1) is 36.1 Å². The average Bonchev–Trinajstić information content (AvgIpc) is 2.46. The summed E-state index contributed by atoms with van der Waals surface area (Å²) in [5.74, 6) is 3.13. The van der Waals surface area contributed by atoms with Crippen LogP contribution in [-0.2, 0) is 0 Å². The summed E-state index contributed by atoms with van der Waals surface area (Å²) in [6, 6.07) is 0. The predicted octanol–water partition coefficient (Wildman–Crippen LogP) is 4.47. The molecule has 0 bridgehead atoms. The lowest BCUT2D eigenvalue weighted by Crippen LogP contribution is -2.94. The molecule has 1 nitrogen and oxygen atoms in total. The quantitative estimate of drug-likeness (QED) is 0.572. The van der Waals surface area contributed by atoms with Crippen molar-refractivity contribution in [2.75, 3.05) is 0 Å². The van der Waals surface area contributed by atoms with E-state index in [1.165, 1.54) is 44.1 Å². The fourth-order valence-electron chi connectivity index (χ4n) is 6.56. The second kappa shape index (κ2) is 5.51. The first kappa shape index (κ1) is 16.3. The van der Waals surface area contributed by atoms with Gasteiger partial charge in [0.1, 0.15) is 0 Å². The molecule has 0 unspecified atom stereocenters. The van der Waals surface area contributed by atoms with Crippen LogP contribution in [0.15, 0.2) is 23.8 Å². The molecule has 0 aliphatic heterocycles. The molecular weight excluding hydrogens is 266 g/mol. The second-order valence-electron chi connectivity index (χ2n) is 8.89. The zero-order chi connectivity index (χ0) is 16.1. The third-order valence-electron chi connectivity index (χ3n) is 7.62. The van der Waals surface area contributed by atoms with Gasteiger partial charge in [-0.2, -0.15) is 7.05 Å². The molecule has 0 radical (unpaired) electrons. The molecule has 3 aliphatic rings. The predicted molar refractivity (Wildman–Crippen MR) is 94.0 cm³/mol. The summed E-state index contributed by atoms with van der Waals surface area (Å²) in [4.78, 5) is 0. The van der Waals surface area contributed by atoms with E-state index in [1.54, 1.807) is 5.57 Å². The lowest BCUT2D eigenvalue weighted by molar-refractivity contribution is -0.689. The van der Waals surface area contributed by atoms with Gasteiger partial charge in [-0.1, -0.05) is 30.7 Å². The molecule has 3 aliphatic carbocycles. The Bertz CT molecular complexity index is 490. The molecule has 6 atom stereocenters. The van der Waals surface area contributed by atoms with Crippen molar-refractivity contribution in [1.82, 2.24) is 0 Å². The Morgan fingerprint density at radius 1 is 1.32 bits per heavy atom. The van der Waals surface area contributed by atoms with E-state index < -0.39 is 0 Å². The summed E-state index contributed by atoms with van der Waals surface area (Å²) in [5.41, 5.74) is 3.70. The van der Waals surface area contributed by atoms with Crippen LogP contribution in [0.2, 0.25) is 0 Å². The highest BCUT2D eigenvalue weighted by molar-refractivity contribution is 5.27. The van der Waals surface area contributed by atoms with Crippen LogP contribution in [0.1, 0.15) is 66.2 Å². The van der Waals surface area contributed by atoms with Gasteiger partial charge in [-0.15, -0.1) is 0 Å². The van der Waals surface area contributed by atoms with E-state index in [2.05, 4.69) is 52.7 Å². The maximum atomic E-state index is 4.42. The van der Waals surface area contributed by atoms with Crippen LogP contribution in [0.3, 0.4) is 0 Å². The van der Waals surface area contributed by atoms with E-state index in [1.807, 2.05) is 0 Å². The van der Waals surface area contributed by atoms with Gasteiger partial charge in [-0.25, -0.2) is 0 Å². The maximum absolute atomic E-state index is 4.42. The second-order valence-corrected chi connectivity index (χ2v) is 8.89. The standard InChI is InChI=1S/C21H35N/c1-14(2)17-9-8-16(4)18-11-12-20(5,22-6)19-10-7-15(3)13-21(17,18)19/h13,16-19H,1,6-12,22H2,2-5H3/t16-,17+,18+,19+,20-,21+/m0/s1. The first-order chi connectivity index (χ1) is 10.3. The highest BCUT2D eigenvalue weighted by atomic mass is 15.0. The van der Waals surface area contributed by atoms with Gasteiger partial charge < -0.3 is 5.32 Å². The number of hydrogen-bond donors (Lipinski definition) is 1. The number of hydrogen-bond acceptors (Lipinski definition) is 0. The SMILES string of the molecule is C=C(C)[C@H]1CC[C@H](C)[C@H]2CC[C@](C)([NH2+][CH2-])[C@H]3CCC(C)=C[C@@]123. The number of nitrogens with two attached hydrogens (primary N) is 1. The molecular formula is C21H35N. The molecule has 0 heterocycles. The smallest absolute Gasteiger partial charge is 0.0732 e. The van der Waals surface area contributed by atoms with Gasteiger partial charge in [0.2, 0.25) is 0 Å². The van der Waals surface area contributed by atoms with Gasteiger partial charge in [0, 0.05) is 17.8 Å². The fraction of sp³-hybridized carbons (Fsp3) is 0.762. The van der Waals surface area contributed by atoms with E-state index in [4.69, 9.17) is 0 Å². The van der Waals surface area contributed by atoms with Crippen molar-refractivity contribution in [2.45, 2.75) is 71.8 Å². The van der Waals surface area contributed by atoms with Crippen molar-refractivity contribution in [1.29, 1.82) is 0 Å². The molecule has 3 rings (SSSR count). The Hall–Kier alpha value is -0.560. The largest absolute Gasteiger partial charge is 0.474 e. The molecule has 2 saturated carbocycles. The van der Waals surface area contributed by atoms with Crippen molar-refractivity contribution in [3.8, 4) is 0 Å². The Kier molecular flexibility index (Phi) is 4.08. The summed E-state index contributed by atoms with van der Waals surface area (Å²) in [7, 11) is 4.25. The van der Waals surface area contributed by atoms with E-state index in [9.17, 15) is 0 Å². The van der Waals surface area contributed by atoms with Crippen molar-refractivity contribution >= 4 is 0 Å². The minimum atomic E-state index is 0.304. The third-order valence-corrected chi connectivity index (χ3v) is 7.62. The molecule has 1 spiro atoms. The molecule has 22 heavy (non-hydrogen) atoms. The molecule has 0 aromatic carbocycles. The minimum Gasteiger partial charge on any atom is -0.474 e. The Morgan fingerprint density at radius 3 is 2.68 bits per heavy atom. The van der Waals surface area contributed by atoms with Gasteiger partial charge >= 0.3 is 0 Å². The van der Waals surface area contributed by atoms with E-state index in [0.717, 1.165) is 17.8 Å². The minimum absolute atomic E-state index is 0.304. The van der Waals surface area contributed by atoms with Gasteiger partial charge in [-0.05, 0) is 70.6 Å². The summed E-state index contributed by atoms with van der Waals surface area (Å²) in [6.07, 6.45) is 10.8. The van der Waals surface area contributed by atoms with Gasteiger partial charge in [0.25, 0.3) is 0 Å². The molecule has 1 heteroatoms. The van der Waals surface area contributed by atoms with Crippen molar-refractivity contribution < 1.29 is 5.32 Å². The summed E-state index contributed by atoms with van der Waals surface area (Å²) >= 11 is 0. The number of allylic oxidation sites excluding steroid dienone is 3. The Labute approximate surface area is 137 Å². The highest BCUT2D eigenvalue weighted by Crippen LogP contribution is 2.65. The van der Waals surface area contributed by atoms with E-state index in [0.29, 0.717) is 16.9 Å².